The Hall–Kier alpha value is -1.81. The Morgan fingerprint density at radius 2 is 1.70 bits per heavy atom. The van der Waals surface area contributed by atoms with Crippen LogP contribution in [0.25, 0.3) is 0 Å². The molecule has 0 bridgehead atoms. The number of Topliss-reactive ketones (excluding diaryl/α,β-unsaturated/α-hetero) is 1. The van der Waals surface area contributed by atoms with E-state index in [0.717, 1.165) is 21.3 Å². The van der Waals surface area contributed by atoms with Gasteiger partial charge in [-0.15, -0.1) is 0 Å². The molecule has 0 fully saturated rings. The van der Waals surface area contributed by atoms with Gasteiger partial charge in [-0.3, -0.25) is 4.79 Å². The Morgan fingerprint density at radius 3 is 2.25 bits per heavy atom. The first-order chi connectivity index (χ1) is 9.38. The van der Waals surface area contributed by atoms with Crippen molar-refractivity contribution in [1.82, 2.24) is 0 Å². The van der Waals surface area contributed by atoms with Crippen molar-refractivity contribution >= 4 is 27.4 Å². The van der Waals surface area contributed by atoms with E-state index in [0.29, 0.717) is 17.0 Å². The van der Waals surface area contributed by atoms with Crippen LogP contribution in [0, 0.1) is 13.8 Å². The lowest BCUT2D eigenvalue weighted by molar-refractivity contribution is 0.101. The number of rotatable bonds is 3. The lowest BCUT2D eigenvalue weighted by Gasteiger charge is -2.11. The van der Waals surface area contributed by atoms with E-state index in [1.807, 2.05) is 26.0 Å². The molecule has 0 aliphatic carbocycles. The zero-order valence-electron chi connectivity index (χ0n) is 11.7. The van der Waals surface area contributed by atoms with Crippen molar-refractivity contribution in [3.63, 3.8) is 0 Å². The van der Waals surface area contributed by atoms with Gasteiger partial charge in [0.2, 0.25) is 0 Å². The van der Waals surface area contributed by atoms with Crippen LogP contribution in [0.1, 0.15) is 28.4 Å². The molecule has 4 heteroatoms. The first kappa shape index (κ1) is 14.6. The minimum absolute atomic E-state index is 0.0730. The summed E-state index contributed by atoms with van der Waals surface area (Å²) in [7, 11) is 0. The number of anilines is 1. The summed E-state index contributed by atoms with van der Waals surface area (Å²) < 4.78 is 6.89. The number of hydrogen-bond donors (Lipinski definition) is 1. The van der Waals surface area contributed by atoms with Gasteiger partial charge in [0.05, 0.1) is 0 Å². The topological polar surface area (TPSA) is 52.3 Å². The lowest BCUT2D eigenvalue weighted by atomic mass is 10.1. The third-order valence-corrected chi connectivity index (χ3v) is 4.30. The smallest absolute Gasteiger partial charge is 0.162 e. The Morgan fingerprint density at radius 1 is 1.10 bits per heavy atom. The average Bonchev–Trinajstić information content (AvgIpc) is 2.38. The highest BCUT2D eigenvalue weighted by molar-refractivity contribution is 9.10. The number of carbonyl (C=O) groups excluding carboxylic acids is 1. The fraction of sp³-hybridized carbons (Fsp3) is 0.188. The Bertz CT molecular complexity index is 657. The number of nitrogen functional groups attached to an aromatic ring is 1. The molecule has 20 heavy (non-hydrogen) atoms. The van der Waals surface area contributed by atoms with E-state index in [-0.39, 0.29) is 5.78 Å². The maximum atomic E-state index is 11.5. The van der Waals surface area contributed by atoms with Crippen LogP contribution in [0.15, 0.2) is 34.8 Å². The highest BCUT2D eigenvalue weighted by Crippen LogP contribution is 2.30. The van der Waals surface area contributed by atoms with Gasteiger partial charge in [-0.2, -0.15) is 0 Å². The third-order valence-electron chi connectivity index (χ3n) is 3.05. The molecule has 2 rings (SSSR count). The second kappa shape index (κ2) is 5.67. The number of carbonyl (C=O) groups is 1. The highest BCUT2D eigenvalue weighted by Gasteiger charge is 2.08. The molecule has 0 heterocycles. The van der Waals surface area contributed by atoms with E-state index >= 15 is 0 Å². The SMILES string of the molecule is CC(=O)c1cc(Oc2cc(C)c(Br)c(C)c2)ccc1N. The predicted octanol–water partition coefficient (Wildman–Crippen LogP) is 4.64. The molecule has 0 aliphatic heterocycles. The standard InChI is InChI=1S/C16H16BrNO2/c1-9-6-13(7-10(2)16(9)17)20-12-4-5-15(18)14(8-12)11(3)19/h4-8H,18H2,1-3H3. The summed E-state index contributed by atoms with van der Waals surface area (Å²) >= 11 is 3.52. The summed E-state index contributed by atoms with van der Waals surface area (Å²) in [6.07, 6.45) is 0. The van der Waals surface area contributed by atoms with Crippen LogP contribution in [0.5, 0.6) is 11.5 Å². The molecule has 0 saturated heterocycles. The molecule has 0 saturated carbocycles. The molecular weight excluding hydrogens is 318 g/mol. The Balaban J connectivity index is 2.35. The fourth-order valence-electron chi connectivity index (χ4n) is 2.00. The van der Waals surface area contributed by atoms with Gasteiger partial charge in [-0.05, 0) is 62.2 Å². The molecule has 0 aromatic heterocycles. The maximum Gasteiger partial charge on any atom is 0.162 e. The second-order valence-corrected chi connectivity index (χ2v) is 5.57. The number of hydrogen-bond acceptors (Lipinski definition) is 3. The summed E-state index contributed by atoms with van der Waals surface area (Å²) in [4.78, 5) is 11.5. The van der Waals surface area contributed by atoms with Crippen molar-refractivity contribution in [1.29, 1.82) is 0 Å². The molecule has 0 amide bonds. The van der Waals surface area contributed by atoms with E-state index in [2.05, 4.69) is 15.9 Å². The number of ether oxygens (including phenoxy) is 1. The molecule has 2 aromatic rings. The normalized spacial score (nSPS) is 10.4. The molecule has 2 aromatic carbocycles. The molecule has 0 spiro atoms. The van der Waals surface area contributed by atoms with Gasteiger partial charge in [0.25, 0.3) is 0 Å². The van der Waals surface area contributed by atoms with Crippen molar-refractivity contribution in [2.45, 2.75) is 20.8 Å². The van der Waals surface area contributed by atoms with Crippen molar-refractivity contribution < 1.29 is 9.53 Å². The first-order valence-electron chi connectivity index (χ1n) is 6.23. The summed E-state index contributed by atoms with van der Waals surface area (Å²) in [5, 5.41) is 0. The number of nitrogens with two attached hydrogens (primary N) is 1. The first-order valence-corrected chi connectivity index (χ1v) is 7.03. The van der Waals surface area contributed by atoms with Crippen LogP contribution in [-0.4, -0.2) is 5.78 Å². The average molecular weight is 334 g/mol. The number of aryl methyl sites for hydroxylation is 2. The third kappa shape index (κ3) is 3.02. The zero-order chi connectivity index (χ0) is 14.9. The van der Waals surface area contributed by atoms with Crippen LogP contribution >= 0.6 is 15.9 Å². The van der Waals surface area contributed by atoms with Crippen molar-refractivity contribution in [2.24, 2.45) is 0 Å². The highest BCUT2D eigenvalue weighted by atomic mass is 79.9. The van der Waals surface area contributed by atoms with Crippen LogP contribution in [0.2, 0.25) is 0 Å². The summed E-state index contributed by atoms with van der Waals surface area (Å²) in [5.41, 5.74) is 8.91. The molecule has 0 unspecified atom stereocenters. The zero-order valence-corrected chi connectivity index (χ0v) is 13.2. The Kier molecular flexibility index (Phi) is 4.14. The quantitative estimate of drug-likeness (QED) is 0.657. The van der Waals surface area contributed by atoms with Gasteiger partial charge in [0.15, 0.2) is 5.78 Å². The molecule has 0 radical (unpaired) electrons. The van der Waals surface area contributed by atoms with Gasteiger partial charge >= 0.3 is 0 Å². The summed E-state index contributed by atoms with van der Waals surface area (Å²) in [6.45, 7) is 5.51. The molecule has 0 atom stereocenters. The number of benzene rings is 2. The van der Waals surface area contributed by atoms with Gasteiger partial charge in [-0.1, -0.05) is 15.9 Å². The molecule has 0 aliphatic rings. The minimum Gasteiger partial charge on any atom is -0.457 e. The van der Waals surface area contributed by atoms with Crippen LogP contribution in [0.4, 0.5) is 5.69 Å². The Labute approximate surface area is 126 Å². The van der Waals surface area contributed by atoms with E-state index in [9.17, 15) is 4.79 Å². The maximum absolute atomic E-state index is 11.5. The van der Waals surface area contributed by atoms with Crippen LogP contribution in [0.3, 0.4) is 0 Å². The van der Waals surface area contributed by atoms with Crippen LogP contribution < -0.4 is 10.5 Å². The molecule has 3 nitrogen and oxygen atoms in total. The largest absolute Gasteiger partial charge is 0.457 e. The van der Waals surface area contributed by atoms with Crippen molar-refractivity contribution in [3.05, 3.63) is 51.5 Å². The minimum atomic E-state index is -0.0730. The van der Waals surface area contributed by atoms with E-state index in [1.54, 1.807) is 18.2 Å². The van der Waals surface area contributed by atoms with Gasteiger partial charge in [0.1, 0.15) is 11.5 Å². The summed E-state index contributed by atoms with van der Waals surface area (Å²) in [5.74, 6) is 1.27. The second-order valence-electron chi connectivity index (χ2n) is 4.78. The fourth-order valence-corrected chi connectivity index (χ4v) is 2.23. The van der Waals surface area contributed by atoms with E-state index in [1.165, 1.54) is 6.92 Å². The molecule has 2 N–H and O–H groups in total. The number of halogens is 1. The van der Waals surface area contributed by atoms with Crippen LogP contribution in [-0.2, 0) is 0 Å². The van der Waals surface area contributed by atoms with E-state index in [4.69, 9.17) is 10.5 Å². The monoisotopic (exact) mass is 333 g/mol. The van der Waals surface area contributed by atoms with Gasteiger partial charge in [0, 0.05) is 15.7 Å². The van der Waals surface area contributed by atoms with Gasteiger partial charge in [-0.25, -0.2) is 0 Å². The van der Waals surface area contributed by atoms with Gasteiger partial charge < -0.3 is 10.5 Å². The predicted molar refractivity (Wildman–Crippen MR) is 84.5 cm³/mol. The van der Waals surface area contributed by atoms with Crippen molar-refractivity contribution in [2.75, 3.05) is 5.73 Å². The van der Waals surface area contributed by atoms with Crippen molar-refractivity contribution in [3.8, 4) is 11.5 Å². The lowest BCUT2D eigenvalue weighted by Crippen LogP contribution is -2.00. The van der Waals surface area contributed by atoms with E-state index < -0.39 is 0 Å². The molecular formula is C16H16BrNO2. The summed E-state index contributed by atoms with van der Waals surface area (Å²) in [6, 6.07) is 9.01. The molecule has 104 valence electrons. The number of ketones is 1.